The third-order valence-electron chi connectivity index (χ3n) is 2.21. The monoisotopic (exact) mass is 235 g/mol. The van der Waals surface area contributed by atoms with Gasteiger partial charge in [0.1, 0.15) is 17.1 Å². The average Bonchev–Trinajstić information content (AvgIpc) is 2.84. The van der Waals surface area contributed by atoms with Gasteiger partial charge in [0.2, 0.25) is 0 Å². The van der Waals surface area contributed by atoms with Crippen LogP contribution in [0.15, 0.2) is 23.1 Å². The molecule has 0 saturated heterocycles. The minimum absolute atomic E-state index is 0.109. The zero-order valence-corrected chi connectivity index (χ0v) is 8.69. The molecule has 0 aliphatic rings. The summed E-state index contributed by atoms with van der Waals surface area (Å²) in [6, 6.07) is 0.109. The van der Waals surface area contributed by atoms with Gasteiger partial charge in [-0.25, -0.2) is 15.0 Å². The van der Waals surface area contributed by atoms with Crippen molar-refractivity contribution in [2.24, 2.45) is 0 Å². The van der Waals surface area contributed by atoms with E-state index in [1.165, 1.54) is 12.5 Å². The summed E-state index contributed by atoms with van der Waals surface area (Å²) in [7, 11) is 0. The van der Waals surface area contributed by atoms with Gasteiger partial charge in [-0.05, 0) is 0 Å². The topological polar surface area (TPSA) is 93.6 Å². The fraction of sp³-hybridized carbons (Fsp3) is 0. The summed E-state index contributed by atoms with van der Waals surface area (Å²) in [5.41, 5.74) is 6.80. The molecule has 3 heterocycles. The summed E-state index contributed by atoms with van der Waals surface area (Å²) < 4.78 is 5.22. The van der Waals surface area contributed by atoms with E-state index in [0.717, 1.165) is 5.56 Å². The van der Waals surface area contributed by atoms with Crippen LogP contribution in [-0.2, 0) is 0 Å². The molecule has 80 valence electrons. The maximum Gasteiger partial charge on any atom is 0.292 e. The summed E-state index contributed by atoms with van der Waals surface area (Å²) in [4.78, 5) is 14.8. The molecule has 0 amide bonds. The molecule has 0 saturated carbocycles. The van der Waals surface area contributed by atoms with E-state index in [-0.39, 0.29) is 6.01 Å². The molecular weight excluding hydrogens is 230 g/mol. The predicted octanol–water partition coefficient (Wildman–Crippen LogP) is 1.85. The molecule has 3 N–H and O–H groups in total. The van der Waals surface area contributed by atoms with Crippen molar-refractivity contribution in [3.05, 3.63) is 23.9 Å². The van der Waals surface area contributed by atoms with Crippen molar-refractivity contribution in [2.45, 2.75) is 0 Å². The number of aromatic nitrogens is 4. The second kappa shape index (κ2) is 3.21. The Labute approximate surface area is 94.5 Å². The Kier molecular flexibility index (Phi) is 1.84. The molecule has 6 nitrogen and oxygen atoms in total. The molecule has 3 rings (SSSR count). The molecule has 0 radical (unpaired) electrons. The molecule has 0 atom stereocenters. The summed E-state index contributed by atoms with van der Waals surface area (Å²) >= 11 is 6.00. The zero-order chi connectivity index (χ0) is 11.1. The molecule has 7 heteroatoms. The number of anilines is 1. The summed E-state index contributed by atoms with van der Waals surface area (Å²) in [6.07, 6.45) is 4.64. The Bertz CT molecular complexity index is 659. The van der Waals surface area contributed by atoms with Crippen LogP contribution in [-0.4, -0.2) is 19.9 Å². The Morgan fingerprint density at radius 2 is 2.19 bits per heavy atom. The standard InChI is InChI=1S/C9H6ClN5O/c10-7-6-4(5-2-13-9(11)16-5)1-12-8(6)15-3-14-7/h1-3H,(H2,11,13)(H,12,14,15). The Morgan fingerprint density at radius 3 is 2.94 bits per heavy atom. The number of rotatable bonds is 1. The number of hydrogen-bond donors (Lipinski definition) is 2. The molecule has 0 unspecified atom stereocenters. The number of nitrogen functional groups attached to an aromatic ring is 1. The lowest BCUT2D eigenvalue weighted by Crippen LogP contribution is -1.82. The smallest absolute Gasteiger partial charge is 0.292 e. The van der Waals surface area contributed by atoms with Crippen LogP contribution in [0.1, 0.15) is 0 Å². The van der Waals surface area contributed by atoms with Gasteiger partial charge in [0, 0.05) is 11.8 Å². The number of hydrogen-bond acceptors (Lipinski definition) is 5. The number of fused-ring (bicyclic) bond motifs is 1. The van der Waals surface area contributed by atoms with Crippen LogP contribution >= 0.6 is 11.6 Å². The fourth-order valence-corrected chi connectivity index (χ4v) is 1.77. The Hall–Kier alpha value is -2.08. The van der Waals surface area contributed by atoms with Gasteiger partial charge in [0.05, 0.1) is 11.6 Å². The number of nitrogens with two attached hydrogens (primary N) is 1. The maximum atomic E-state index is 6.00. The zero-order valence-electron chi connectivity index (χ0n) is 7.94. The largest absolute Gasteiger partial charge is 0.424 e. The Morgan fingerprint density at radius 1 is 1.31 bits per heavy atom. The highest BCUT2D eigenvalue weighted by molar-refractivity contribution is 6.35. The second-order valence-corrected chi connectivity index (χ2v) is 3.51. The van der Waals surface area contributed by atoms with E-state index >= 15 is 0 Å². The number of nitrogens with zero attached hydrogens (tertiary/aromatic N) is 3. The normalized spacial score (nSPS) is 11.1. The fourth-order valence-electron chi connectivity index (χ4n) is 1.53. The highest BCUT2D eigenvalue weighted by atomic mass is 35.5. The van der Waals surface area contributed by atoms with E-state index in [1.54, 1.807) is 6.20 Å². The number of nitrogens with one attached hydrogen (secondary N) is 1. The first-order valence-electron chi connectivity index (χ1n) is 4.45. The van der Waals surface area contributed by atoms with Crippen LogP contribution < -0.4 is 5.73 Å². The van der Waals surface area contributed by atoms with Gasteiger partial charge in [-0.15, -0.1) is 0 Å². The van der Waals surface area contributed by atoms with Crippen molar-refractivity contribution in [2.75, 3.05) is 5.73 Å². The average molecular weight is 236 g/mol. The predicted molar refractivity (Wildman–Crippen MR) is 58.8 cm³/mol. The molecule has 3 aromatic rings. The van der Waals surface area contributed by atoms with E-state index < -0.39 is 0 Å². The van der Waals surface area contributed by atoms with Gasteiger partial charge in [0.15, 0.2) is 5.76 Å². The first-order chi connectivity index (χ1) is 7.75. The van der Waals surface area contributed by atoms with Gasteiger partial charge < -0.3 is 15.1 Å². The first-order valence-corrected chi connectivity index (χ1v) is 4.83. The van der Waals surface area contributed by atoms with Crippen molar-refractivity contribution in [3.63, 3.8) is 0 Å². The van der Waals surface area contributed by atoms with E-state index in [0.29, 0.717) is 21.9 Å². The maximum absolute atomic E-state index is 6.00. The van der Waals surface area contributed by atoms with Crippen molar-refractivity contribution in [1.29, 1.82) is 0 Å². The number of H-pyrrole nitrogens is 1. The lowest BCUT2D eigenvalue weighted by Gasteiger charge is -1.94. The molecule has 0 fully saturated rings. The van der Waals surface area contributed by atoms with E-state index in [2.05, 4.69) is 19.9 Å². The van der Waals surface area contributed by atoms with Crippen LogP contribution in [0.5, 0.6) is 0 Å². The number of oxazole rings is 1. The summed E-state index contributed by atoms with van der Waals surface area (Å²) in [5.74, 6) is 0.528. The quantitative estimate of drug-likeness (QED) is 0.628. The Balaban J connectivity index is 2.32. The van der Waals surface area contributed by atoms with Crippen LogP contribution in [0.25, 0.3) is 22.4 Å². The van der Waals surface area contributed by atoms with Gasteiger partial charge >= 0.3 is 0 Å². The van der Waals surface area contributed by atoms with Gasteiger partial charge in [-0.3, -0.25) is 0 Å². The highest BCUT2D eigenvalue weighted by Crippen LogP contribution is 2.32. The van der Waals surface area contributed by atoms with Crippen LogP contribution in [0, 0.1) is 0 Å². The first kappa shape index (κ1) is 9.17. The highest BCUT2D eigenvalue weighted by Gasteiger charge is 2.14. The van der Waals surface area contributed by atoms with Crippen molar-refractivity contribution in [3.8, 4) is 11.3 Å². The van der Waals surface area contributed by atoms with Gasteiger partial charge in [-0.1, -0.05) is 11.6 Å². The van der Waals surface area contributed by atoms with E-state index in [1.807, 2.05) is 0 Å². The molecule has 3 aromatic heterocycles. The molecule has 0 aromatic carbocycles. The van der Waals surface area contributed by atoms with Gasteiger partial charge in [0.25, 0.3) is 6.01 Å². The molecule has 0 aliphatic carbocycles. The number of halogens is 1. The molecule has 0 aliphatic heterocycles. The second-order valence-electron chi connectivity index (χ2n) is 3.15. The molecule has 16 heavy (non-hydrogen) atoms. The number of aromatic amines is 1. The van der Waals surface area contributed by atoms with Crippen molar-refractivity contribution >= 4 is 28.6 Å². The minimum Gasteiger partial charge on any atom is -0.424 e. The summed E-state index contributed by atoms with van der Waals surface area (Å²) in [6.45, 7) is 0. The van der Waals surface area contributed by atoms with Crippen molar-refractivity contribution < 1.29 is 4.42 Å². The van der Waals surface area contributed by atoms with E-state index in [9.17, 15) is 0 Å². The third-order valence-corrected chi connectivity index (χ3v) is 2.50. The van der Waals surface area contributed by atoms with Crippen LogP contribution in [0.4, 0.5) is 6.01 Å². The molecule has 0 spiro atoms. The van der Waals surface area contributed by atoms with Crippen molar-refractivity contribution in [1.82, 2.24) is 19.9 Å². The molecule has 0 bridgehead atoms. The summed E-state index contributed by atoms with van der Waals surface area (Å²) in [5, 5.41) is 1.05. The third kappa shape index (κ3) is 1.24. The lowest BCUT2D eigenvalue weighted by atomic mass is 10.2. The minimum atomic E-state index is 0.109. The molecular formula is C9H6ClN5O. The van der Waals surface area contributed by atoms with E-state index in [4.69, 9.17) is 21.8 Å². The van der Waals surface area contributed by atoms with Crippen LogP contribution in [0.2, 0.25) is 5.15 Å². The SMILES string of the molecule is Nc1ncc(-c2c[nH]c3ncnc(Cl)c23)o1. The lowest BCUT2D eigenvalue weighted by molar-refractivity contribution is 0.595. The van der Waals surface area contributed by atoms with Crippen LogP contribution in [0.3, 0.4) is 0 Å². The van der Waals surface area contributed by atoms with Gasteiger partial charge in [-0.2, -0.15) is 0 Å².